The molecule has 1 saturated carbocycles. The van der Waals surface area contributed by atoms with Gasteiger partial charge in [-0.2, -0.15) is 23.4 Å². The molecule has 4 aromatic rings. The van der Waals surface area contributed by atoms with Crippen LogP contribution in [0.5, 0.6) is 5.75 Å². The van der Waals surface area contributed by atoms with Gasteiger partial charge in [-0.1, -0.05) is 17.7 Å². The van der Waals surface area contributed by atoms with E-state index in [4.69, 9.17) is 16.3 Å². The Morgan fingerprint density at radius 2 is 2.06 bits per heavy atom. The predicted molar refractivity (Wildman–Crippen MR) is 112 cm³/mol. The third kappa shape index (κ3) is 4.63. The van der Waals surface area contributed by atoms with Crippen LogP contribution in [-0.4, -0.2) is 30.3 Å². The van der Waals surface area contributed by atoms with E-state index in [0.717, 1.165) is 18.9 Å². The number of carbonyl (C=O) groups excluding carboxylic acids is 1. The van der Waals surface area contributed by atoms with Crippen molar-refractivity contribution < 1.29 is 22.7 Å². The van der Waals surface area contributed by atoms with Gasteiger partial charge in [-0.3, -0.25) is 4.79 Å². The van der Waals surface area contributed by atoms with E-state index in [1.165, 1.54) is 23.1 Å². The minimum Gasteiger partial charge on any atom is -0.471 e. The summed E-state index contributed by atoms with van der Waals surface area (Å²) in [6.07, 6.45) is -0.128. The summed E-state index contributed by atoms with van der Waals surface area (Å²) in [5, 5.41) is 11.0. The second-order valence-electron chi connectivity index (χ2n) is 7.59. The number of alkyl halides is 3. The van der Waals surface area contributed by atoms with E-state index < -0.39 is 17.8 Å². The quantitative estimate of drug-likeness (QED) is 0.433. The molecule has 0 atom stereocenters. The normalized spacial score (nSPS) is 13.9. The Balaban J connectivity index is 1.32. The Kier molecular flexibility index (Phi) is 5.20. The monoisotopic (exact) mass is 476 g/mol. The second kappa shape index (κ2) is 8.07. The van der Waals surface area contributed by atoms with Crippen molar-refractivity contribution in [2.24, 2.45) is 0 Å². The highest BCUT2D eigenvalue weighted by Gasteiger charge is 2.37. The van der Waals surface area contributed by atoms with Crippen molar-refractivity contribution in [2.75, 3.05) is 5.32 Å². The van der Waals surface area contributed by atoms with Gasteiger partial charge in [-0.05, 0) is 37.1 Å². The van der Waals surface area contributed by atoms with Crippen molar-refractivity contribution in [3.63, 3.8) is 0 Å². The zero-order valence-corrected chi connectivity index (χ0v) is 17.6. The molecule has 170 valence electrons. The first-order valence-corrected chi connectivity index (χ1v) is 10.3. The van der Waals surface area contributed by atoms with Gasteiger partial charge >= 0.3 is 6.18 Å². The summed E-state index contributed by atoms with van der Waals surface area (Å²) in [6.45, 7) is 0.0629. The maximum absolute atomic E-state index is 13.5. The molecule has 8 nitrogen and oxygen atoms in total. The number of hydrogen-bond donors (Lipinski definition) is 1. The van der Waals surface area contributed by atoms with Gasteiger partial charge in [0.1, 0.15) is 11.4 Å². The van der Waals surface area contributed by atoms with Crippen LogP contribution < -0.4 is 10.1 Å². The third-order valence-corrected chi connectivity index (χ3v) is 5.25. The number of hydrogen-bond acceptors (Lipinski definition) is 5. The van der Waals surface area contributed by atoms with Gasteiger partial charge in [0.15, 0.2) is 18.1 Å². The standard InChI is InChI=1S/C21H16ClF3N6O2/c22-13-2-1-3-15(6-13)33-11-30-10-14(9-26-30)27-20(32)17-8-19-28-16(12-4-5-12)7-18(21(23,24)25)31(19)29-17/h1-3,6-10,12H,4-5,11H2,(H,27,32). The molecule has 1 fully saturated rings. The zero-order chi connectivity index (χ0) is 23.2. The number of halogens is 4. The van der Waals surface area contributed by atoms with E-state index in [1.54, 1.807) is 24.3 Å². The van der Waals surface area contributed by atoms with Gasteiger partial charge in [0.25, 0.3) is 5.91 Å². The van der Waals surface area contributed by atoms with Gasteiger partial charge in [0.2, 0.25) is 0 Å². The fraction of sp³-hybridized carbons (Fsp3) is 0.238. The molecule has 1 N–H and O–H groups in total. The Bertz CT molecular complexity index is 1350. The van der Waals surface area contributed by atoms with Crippen molar-refractivity contribution in [3.8, 4) is 5.75 Å². The largest absolute Gasteiger partial charge is 0.471 e. The molecular formula is C21H16ClF3N6O2. The van der Waals surface area contributed by atoms with Crippen LogP contribution in [-0.2, 0) is 12.9 Å². The van der Waals surface area contributed by atoms with Crippen molar-refractivity contribution in [2.45, 2.75) is 31.7 Å². The average molecular weight is 477 g/mol. The maximum Gasteiger partial charge on any atom is 0.433 e. The summed E-state index contributed by atoms with van der Waals surface area (Å²) >= 11 is 5.91. The lowest BCUT2D eigenvalue weighted by Crippen LogP contribution is -2.16. The first kappa shape index (κ1) is 21.3. The molecule has 1 aliphatic rings. The minimum atomic E-state index is -4.63. The Labute approximate surface area is 189 Å². The minimum absolute atomic E-state index is 0.0169. The molecular weight excluding hydrogens is 461 g/mol. The molecule has 3 aromatic heterocycles. The molecule has 0 aliphatic heterocycles. The summed E-state index contributed by atoms with van der Waals surface area (Å²) in [4.78, 5) is 16.9. The van der Waals surface area contributed by atoms with Gasteiger partial charge < -0.3 is 10.1 Å². The maximum atomic E-state index is 13.5. The molecule has 0 unspecified atom stereocenters. The van der Waals surface area contributed by atoms with E-state index in [1.807, 2.05) is 0 Å². The Morgan fingerprint density at radius 1 is 1.24 bits per heavy atom. The summed E-state index contributed by atoms with van der Waals surface area (Å²) in [6, 6.07) is 9.09. The van der Waals surface area contributed by atoms with Crippen LogP contribution in [0.1, 0.15) is 40.6 Å². The summed E-state index contributed by atoms with van der Waals surface area (Å²) in [5.41, 5.74) is -0.483. The first-order chi connectivity index (χ1) is 15.8. The van der Waals surface area contributed by atoms with Crippen LogP contribution in [0.15, 0.2) is 48.8 Å². The van der Waals surface area contributed by atoms with Crippen molar-refractivity contribution >= 4 is 28.8 Å². The highest BCUT2D eigenvalue weighted by molar-refractivity contribution is 6.30. The number of nitrogens with zero attached hydrogens (tertiary/aromatic N) is 5. The molecule has 1 aromatic carbocycles. The molecule has 1 amide bonds. The van der Waals surface area contributed by atoms with Crippen LogP contribution in [0.25, 0.3) is 5.65 Å². The molecule has 1 aliphatic carbocycles. The number of nitrogens with one attached hydrogen (secondary N) is 1. The van der Waals surface area contributed by atoms with Crippen LogP contribution >= 0.6 is 11.6 Å². The molecule has 3 heterocycles. The number of benzene rings is 1. The molecule has 0 spiro atoms. The first-order valence-electron chi connectivity index (χ1n) is 9.96. The number of rotatable bonds is 6. The van der Waals surface area contributed by atoms with Crippen LogP contribution in [0.3, 0.4) is 0 Å². The highest BCUT2D eigenvalue weighted by atomic mass is 35.5. The van der Waals surface area contributed by atoms with Crippen LogP contribution in [0.2, 0.25) is 5.02 Å². The summed E-state index contributed by atoms with van der Waals surface area (Å²) in [5.74, 6) is -0.119. The zero-order valence-electron chi connectivity index (χ0n) is 16.9. The second-order valence-corrected chi connectivity index (χ2v) is 8.03. The average Bonchev–Trinajstić information content (AvgIpc) is 3.37. The van der Waals surface area contributed by atoms with Gasteiger partial charge in [0, 0.05) is 22.7 Å². The lowest BCUT2D eigenvalue weighted by Gasteiger charge is -2.10. The molecule has 0 saturated heterocycles. The van der Waals surface area contributed by atoms with Crippen LogP contribution in [0.4, 0.5) is 18.9 Å². The van der Waals surface area contributed by atoms with E-state index in [2.05, 4.69) is 20.5 Å². The number of anilines is 1. The number of carbonyl (C=O) groups is 1. The smallest absolute Gasteiger partial charge is 0.433 e. The van der Waals surface area contributed by atoms with E-state index in [0.29, 0.717) is 26.7 Å². The van der Waals surface area contributed by atoms with Crippen LogP contribution in [0, 0.1) is 0 Å². The number of amides is 1. The summed E-state index contributed by atoms with van der Waals surface area (Å²) < 4.78 is 48.3. The lowest BCUT2D eigenvalue weighted by atomic mass is 10.2. The van der Waals surface area contributed by atoms with Crippen molar-refractivity contribution in [1.29, 1.82) is 0 Å². The van der Waals surface area contributed by atoms with E-state index >= 15 is 0 Å². The predicted octanol–water partition coefficient (Wildman–Crippen LogP) is 4.76. The molecule has 12 heteroatoms. The topological polar surface area (TPSA) is 86.3 Å². The van der Waals surface area contributed by atoms with E-state index in [9.17, 15) is 18.0 Å². The Hall–Kier alpha value is -3.60. The highest BCUT2D eigenvalue weighted by Crippen LogP contribution is 2.41. The number of aromatic nitrogens is 5. The molecule has 33 heavy (non-hydrogen) atoms. The SMILES string of the molecule is O=C(Nc1cnn(COc2cccc(Cl)c2)c1)c1cc2nc(C3CC3)cc(C(F)(F)F)n2n1. The summed E-state index contributed by atoms with van der Waals surface area (Å²) in [7, 11) is 0. The molecule has 5 rings (SSSR count). The Morgan fingerprint density at radius 3 is 2.79 bits per heavy atom. The third-order valence-electron chi connectivity index (χ3n) is 5.02. The fourth-order valence-electron chi connectivity index (χ4n) is 3.29. The fourth-order valence-corrected chi connectivity index (χ4v) is 3.47. The molecule has 0 bridgehead atoms. The van der Waals surface area contributed by atoms with Crippen molar-refractivity contribution in [1.82, 2.24) is 24.4 Å². The van der Waals surface area contributed by atoms with Crippen molar-refractivity contribution in [3.05, 3.63) is 70.9 Å². The van der Waals surface area contributed by atoms with Gasteiger partial charge in [0.05, 0.1) is 18.1 Å². The van der Waals surface area contributed by atoms with E-state index in [-0.39, 0.29) is 24.0 Å². The van der Waals surface area contributed by atoms with Gasteiger partial charge in [-0.15, -0.1) is 0 Å². The van der Waals surface area contributed by atoms with Gasteiger partial charge in [-0.25, -0.2) is 14.2 Å². The molecule has 0 radical (unpaired) electrons. The number of ether oxygens (including phenoxy) is 1. The lowest BCUT2D eigenvalue weighted by molar-refractivity contribution is -0.142. The number of fused-ring (bicyclic) bond motifs is 1.